The molecule has 1 heterocycles. The van der Waals surface area contributed by atoms with Crippen LogP contribution in [0.4, 0.5) is 4.79 Å². The molecule has 0 bridgehead atoms. The summed E-state index contributed by atoms with van der Waals surface area (Å²) >= 11 is 0. The number of hydrogen-bond donors (Lipinski definition) is 0. The Kier molecular flexibility index (Phi) is 7.19. The molecular formula is C23H30N4O3. The number of rotatable bonds is 7. The molecule has 1 fully saturated rings. The Morgan fingerprint density at radius 3 is 2.73 bits per heavy atom. The summed E-state index contributed by atoms with van der Waals surface area (Å²) in [5.74, 6) is 0. The topological polar surface area (TPSA) is 87.5 Å². The lowest BCUT2D eigenvalue weighted by atomic mass is 10.1. The van der Waals surface area contributed by atoms with Crippen molar-refractivity contribution >= 4 is 16.9 Å². The number of benzene rings is 2. The Hall–Kier alpha value is -2.76. The summed E-state index contributed by atoms with van der Waals surface area (Å²) in [4.78, 5) is 17.3. The molecule has 30 heavy (non-hydrogen) atoms. The highest BCUT2D eigenvalue weighted by Crippen LogP contribution is 2.27. The summed E-state index contributed by atoms with van der Waals surface area (Å²) in [6, 6.07) is 14.6. The second kappa shape index (κ2) is 9.83. The molecule has 160 valence electrons. The monoisotopic (exact) mass is 410 g/mol. The summed E-state index contributed by atoms with van der Waals surface area (Å²) < 4.78 is 11.8. The number of likely N-dealkylation sites (tertiary alicyclic amines) is 1. The van der Waals surface area contributed by atoms with Crippen molar-refractivity contribution in [3.8, 4) is 0 Å². The van der Waals surface area contributed by atoms with Gasteiger partial charge in [0.05, 0.1) is 19.3 Å². The Bertz CT molecular complexity index is 918. The van der Waals surface area contributed by atoms with Gasteiger partial charge in [-0.3, -0.25) is 0 Å². The van der Waals surface area contributed by atoms with E-state index in [1.54, 1.807) is 4.90 Å². The third-order valence-electron chi connectivity index (χ3n) is 5.16. The average Bonchev–Trinajstić information content (AvgIpc) is 3.11. The lowest BCUT2D eigenvalue weighted by molar-refractivity contribution is 0.0146. The molecule has 0 N–H and O–H groups in total. The summed E-state index contributed by atoms with van der Waals surface area (Å²) in [7, 11) is 0. The van der Waals surface area contributed by atoms with E-state index >= 15 is 0 Å². The average molecular weight is 411 g/mol. The van der Waals surface area contributed by atoms with Crippen LogP contribution in [0.15, 0.2) is 47.6 Å². The van der Waals surface area contributed by atoms with Crippen LogP contribution in [-0.4, -0.2) is 41.8 Å². The first-order chi connectivity index (χ1) is 14.4. The van der Waals surface area contributed by atoms with E-state index in [0.717, 1.165) is 24.8 Å². The van der Waals surface area contributed by atoms with Crippen LogP contribution in [0, 0.1) is 0 Å². The molecule has 0 radical (unpaired) electrons. The standard InChI is InChI=1S/C23H30N4O3/c1-23(2,3)30-22(28)27-15-21(14-20(27)9-6-12-25-26-24)29-16-17-10-11-18-7-4-5-8-19(18)13-17/h4-5,7-8,10-11,13,20-21H,6,9,12,14-16H2,1-3H3. The van der Waals surface area contributed by atoms with Gasteiger partial charge in [-0.15, -0.1) is 0 Å². The number of fused-ring (bicyclic) bond motifs is 1. The third kappa shape index (κ3) is 6.12. The first kappa shape index (κ1) is 21.9. The van der Waals surface area contributed by atoms with Crippen LogP contribution in [-0.2, 0) is 16.1 Å². The number of nitrogens with zero attached hydrogens (tertiary/aromatic N) is 4. The summed E-state index contributed by atoms with van der Waals surface area (Å²) in [6.07, 6.45) is 1.88. The molecule has 1 saturated heterocycles. The van der Waals surface area contributed by atoms with Crippen molar-refractivity contribution in [3.05, 3.63) is 58.5 Å². The molecule has 2 aromatic rings. The molecule has 2 aromatic carbocycles. The first-order valence-electron chi connectivity index (χ1n) is 10.5. The van der Waals surface area contributed by atoms with Crippen LogP contribution in [0.5, 0.6) is 0 Å². The molecule has 0 aliphatic carbocycles. The van der Waals surface area contributed by atoms with E-state index < -0.39 is 5.60 Å². The van der Waals surface area contributed by atoms with Crippen LogP contribution in [0.3, 0.4) is 0 Å². The van der Waals surface area contributed by atoms with Gasteiger partial charge in [0.1, 0.15) is 5.60 Å². The van der Waals surface area contributed by atoms with E-state index in [0.29, 0.717) is 19.7 Å². The minimum Gasteiger partial charge on any atom is -0.444 e. The van der Waals surface area contributed by atoms with Crippen LogP contribution in [0.1, 0.15) is 45.6 Å². The molecule has 1 aliphatic heterocycles. The van der Waals surface area contributed by atoms with Gasteiger partial charge in [0.25, 0.3) is 0 Å². The molecular weight excluding hydrogens is 380 g/mol. The number of amides is 1. The fourth-order valence-corrected chi connectivity index (χ4v) is 3.80. The Morgan fingerprint density at radius 2 is 2.00 bits per heavy atom. The van der Waals surface area contributed by atoms with E-state index in [2.05, 4.69) is 40.4 Å². The lowest BCUT2D eigenvalue weighted by Crippen LogP contribution is -2.40. The van der Waals surface area contributed by atoms with Crippen molar-refractivity contribution < 1.29 is 14.3 Å². The van der Waals surface area contributed by atoms with Gasteiger partial charge in [0, 0.05) is 17.5 Å². The van der Waals surface area contributed by atoms with Gasteiger partial charge >= 0.3 is 6.09 Å². The maximum atomic E-state index is 12.7. The van der Waals surface area contributed by atoms with Crippen LogP contribution < -0.4 is 0 Å². The van der Waals surface area contributed by atoms with Crippen LogP contribution in [0.25, 0.3) is 21.2 Å². The zero-order valence-electron chi connectivity index (χ0n) is 18.0. The number of carbonyl (C=O) groups excluding carboxylic acids is 1. The van der Waals surface area contributed by atoms with Crippen LogP contribution in [0.2, 0.25) is 0 Å². The molecule has 1 aliphatic rings. The van der Waals surface area contributed by atoms with E-state index in [9.17, 15) is 4.79 Å². The van der Waals surface area contributed by atoms with E-state index in [-0.39, 0.29) is 18.2 Å². The van der Waals surface area contributed by atoms with Gasteiger partial charge < -0.3 is 14.4 Å². The maximum absolute atomic E-state index is 12.7. The van der Waals surface area contributed by atoms with Gasteiger partial charge in [-0.25, -0.2) is 4.79 Å². The predicted molar refractivity (Wildman–Crippen MR) is 117 cm³/mol. The van der Waals surface area contributed by atoms with E-state index in [1.165, 1.54) is 10.8 Å². The molecule has 2 atom stereocenters. The minimum atomic E-state index is -0.545. The number of carbonyl (C=O) groups is 1. The van der Waals surface area contributed by atoms with E-state index in [4.69, 9.17) is 15.0 Å². The lowest BCUT2D eigenvalue weighted by Gasteiger charge is -2.28. The minimum absolute atomic E-state index is 0.0235. The molecule has 0 spiro atoms. The Balaban J connectivity index is 1.62. The fraction of sp³-hybridized carbons (Fsp3) is 0.522. The normalized spacial score (nSPS) is 19.0. The van der Waals surface area contributed by atoms with Gasteiger partial charge in [-0.05, 0) is 68.0 Å². The molecule has 0 saturated carbocycles. The molecule has 7 heteroatoms. The molecule has 0 aromatic heterocycles. The van der Waals surface area contributed by atoms with Crippen molar-refractivity contribution in [2.75, 3.05) is 13.1 Å². The highest BCUT2D eigenvalue weighted by Gasteiger charge is 2.37. The molecule has 2 unspecified atom stereocenters. The number of hydrogen-bond acceptors (Lipinski definition) is 4. The van der Waals surface area contributed by atoms with Crippen molar-refractivity contribution in [2.45, 2.75) is 64.4 Å². The third-order valence-corrected chi connectivity index (χ3v) is 5.16. The summed E-state index contributed by atoms with van der Waals surface area (Å²) in [6.45, 7) is 7.04. The highest BCUT2D eigenvalue weighted by molar-refractivity contribution is 5.82. The molecule has 3 rings (SSSR count). The smallest absolute Gasteiger partial charge is 0.410 e. The van der Waals surface area contributed by atoms with Crippen LogP contribution >= 0.6 is 0 Å². The zero-order chi connectivity index (χ0) is 21.6. The second-order valence-electron chi connectivity index (χ2n) is 8.73. The Morgan fingerprint density at radius 1 is 1.23 bits per heavy atom. The summed E-state index contributed by atoms with van der Waals surface area (Å²) in [5, 5.41) is 5.99. The van der Waals surface area contributed by atoms with E-state index in [1.807, 2.05) is 32.9 Å². The maximum Gasteiger partial charge on any atom is 0.410 e. The number of ether oxygens (including phenoxy) is 2. The molecule has 7 nitrogen and oxygen atoms in total. The van der Waals surface area contributed by atoms with Gasteiger partial charge in [0.15, 0.2) is 0 Å². The van der Waals surface area contributed by atoms with Gasteiger partial charge in [0.2, 0.25) is 0 Å². The zero-order valence-corrected chi connectivity index (χ0v) is 18.0. The number of azide groups is 1. The van der Waals surface area contributed by atoms with Gasteiger partial charge in [-0.2, -0.15) is 0 Å². The first-order valence-corrected chi connectivity index (χ1v) is 10.5. The fourth-order valence-electron chi connectivity index (χ4n) is 3.80. The summed E-state index contributed by atoms with van der Waals surface area (Å²) in [5.41, 5.74) is 9.04. The van der Waals surface area contributed by atoms with Crippen molar-refractivity contribution in [1.29, 1.82) is 0 Å². The quantitative estimate of drug-likeness (QED) is 0.249. The highest BCUT2D eigenvalue weighted by atomic mass is 16.6. The predicted octanol–water partition coefficient (Wildman–Crippen LogP) is 5.82. The molecule has 1 amide bonds. The van der Waals surface area contributed by atoms with Gasteiger partial charge in [-0.1, -0.05) is 41.5 Å². The second-order valence-corrected chi connectivity index (χ2v) is 8.73. The SMILES string of the molecule is CC(C)(C)OC(=O)N1CC(OCc2ccc3ccccc3c2)CC1CCCN=[N+]=[N-]. The van der Waals surface area contributed by atoms with Crippen molar-refractivity contribution in [2.24, 2.45) is 5.11 Å². The van der Waals surface area contributed by atoms with Crippen molar-refractivity contribution in [3.63, 3.8) is 0 Å². The van der Waals surface area contributed by atoms with Crippen molar-refractivity contribution in [1.82, 2.24) is 4.90 Å². The largest absolute Gasteiger partial charge is 0.444 e. The Labute approximate surface area is 177 Å².